The Labute approximate surface area is 203 Å². The third kappa shape index (κ3) is 4.71. The van der Waals surface area contributed by atoms with Gasteiger partial charge in [-0.1, -0.05) is 68.3 Å². The van der Waals surface area contributed by atoms with E-state index in [0.717, 1.165) is 60.2 Å². The summed E-state index contributed by atoms with van der Waals surface area (Å²) in [5, 5.41) is 19.1. The molecule has 0 radical (unpaired) electrons. The Kier molecular flexibility index (Phi) is 6.65. The number of Topliss-reactive ketones (excluding diaryl/α,β-unsaturated/α-hetero) is 1. The van der Waals surface area contributed by atoms with Crippen LogP contribution in [0, 0.1) is 0 Å². The van der Waals surface area contributed by atoms with E-state index in [0.29, 0.717) is 25.2 Å². The molecule has 9 nitrogen and oxygen atoms in total. The molecule has 0 spiro atoms. The Hall–Kier alpha value is -3.88. The van der Waals surface area contributed by atoms with Crippen LogP contribution in [0.3, 0.4) is 0 Å². The number of aromatic nitrogens is 7. The quantitative estimate of drug-likeness (QED) is 0.416. The van der Waals surface area contributed by atoms with Gasteiger partial charge >= 0.3 is 5.69 Å². The van der Waals surface area contributed by atoms with E-state index < -0.39 is 6.04 Å². The van der Waals surface area contributed by atoms with Crippen molar-refractivity contribution in [3.05, 3.63) is 70.4 Å². The molecule has 1 aliphatic rings. The Bertz CT molecular complexity index is 1350. The summed E-state index contributed by atoms with van der Waals surface area (Å²) in [4.78, 5) is 25.9. The molecule has 2 aromatic heterocycles. The molecule has 2 aromatic carbocycles. The summed E-state index contributed by atoms with van der Waals surface area (Å²) in [6, 6.07) is 15.6. The van der Waals surface area contributed by atoms with E-state index in [1.165, 1.54) is 4.68 Å². The third-order valence-electron chi connectivity index (χ3n) is 6.65. The SMILES string of the molecule is CCCCc1nn(C2CCCCC2=O)c(=O)n1Cc1ccc(-c2ccccc2-c2nn[nH]n2)cc1. The fourth-order valence-corrected chi connectivity index (χ4v) is 4.74. The van der Waals surface area contributed by atoms with Crippen molar-refractivity contribution in [3.8, 4) is 22.5 Å². The van der Waals surface area contributed by atoms with Crippen molar-refractivity contribution < 1.29 is 4.79 Å². The van der Waals surface area contributed by atoms with Gasteiger partial charge in [0.05, 0.1) is 6.54 Å². The van der Waals surface area contributed by atoms with E-state index in [1.54, 1.807) is 4.57 Å². The number of benzene rings is 2. The summed E-state index contributed by atoms with van der Waals surface area (Å²) in [7, 11) is 0. The summed E-state index contributed by atoms with van der Waals surface area (Å²) in [5.74, 6) is 1.41. The van der Waals surface area contributed by atoms with Crippen LogP contribution in [0.25, 0.3) is 22.5 Å². The van der Waals surface area contributed by atoms with E-state index in [1.807, 2.05) is 48.5 Å². The molecule has 4 aromatic rings. The first-order valence-electron chi connectivity index (χ1n) is 12.3. The van der Waals surface area contributed by atoms with Crippen molar-refractivity contribution in [2.75, 3.05) is 0 Å². The number of H-pyrrole nitrogens is 1. The Morgan fingerprint density at radius 2 is 1.83 bits per heavy atom. The zero-order valence-electron chi connectivity index (χ0n) is 19.9. The normalized spacial score (nSPS) is 16.0. The summed E-state index contributed by atoms with van der Waals surface area (Å²) in [6.07, 6.45) is 5.75. The molecular weight excluding hydrogens is 442 g/mol. The number of nitrogens with zero attached hydrogens (tertiary/aromatic N) is 6. The number of unbranched alkanes of at least 4 members (excludes halogenated alkanes) is 1. The monoisotopic (exact) mass is 471 g/mol. The molecule has 1 atom stereocenters. The van der Waals surface area contributed by atoms with Crippen LogP contribution in [-0.4, -0.2) is 40.8 Å². The van der Waals surface area contributed by atoms with Gasteiger partial charge in [-0.25, -0.2) is 9.48 Å². The Morgan fingerprint density at radius 3 is 2.54 bits per heavy atom. The van der Waals surface area contributed by atoms with E-state index in [-0.39, 0.29) is 11.5 Å². The zero-order valence-corrected chi connectivity index (χ0v) is 19.9. The molecule has 180 valence electrons. The number of carbonyl (C=O) groups is 1. The molecule has 1 unspecified atom stereocenters. The van der Waals surface area contributed by atoms with Crippen molar-refractivity contribution in [1.29, 1.82) is 0 Å². The summed E-state index contributed by atoms with van der Waals surface area (Å²) in [5.41, 5.74) is 3.73. The molecule has 0 bridgehead atoms. The van der Waals surface area contributed by atoms with Crippen LogP contribution in [0.2, 0.25) is 0 Å². The number of hydrogen-bond donors (Lipinski definition) is 1. The fourth-order valence-electron chi connectivity index (χ4n) is 4.74. The minimum atomic E-state index is -0.429. The minimum Gasteiger partial charge on any atom is -0.297 e. The molecular formula is C26H29N7O2. The Morgan fingerprint density at radius 1 is 1.03 bits per heavy atom. The average Bonchev–Trinajstić information content (AvgIpc) is 3.53. The lowest BCUT2D eigenvalue weighted by atomic mass is 9.94. The van der Waals surface area contributed by atoms with Crippen LogP contribution >= 0.6 is 0 Å². The van der Waals surface area contributed by atoms with Crippen LogP contribution < -0.4 is 5.69 Å². The van der Waals surface area contributed by atoms with Crippen molar-refractivity contribution in [3.63, 3.8) is 0 Å². The van der Waals surface area contributed by atoms with E-state index >= 15 is 0 Å². The van der Waals surface area contributed by atoms with Crippen LogP contribution in [0.5, 0.6) is 0 Å². The van der Waals surface area contributed by atoms with Gasteiger partial charge in [-0.3, -0.25) is 9.36 Å². The molecule has 5 rings (SSSR count). The fraction of sp³-hybridized carbons (Fsp3) is 0.385. The zero-order chi connectivity index (χ0) is 24.2. The van der Waals surface area contributed by atoms with Crippen LogP contribution in [0.15, 0.2) is 53.3 Å². The number of rotatable bonds is 8. The van der Waals surface area contributed by atoms with Gasteiger partial charge in [-0.15, -0.1) is 10.2 Å². The maximum Gasteiger partial charge on any atom is 0.346 e. The number of aryl methyl sites for hydroxylation is 1. The lowest BCUT2D eigenvalue weighted by Gasteiger charge is -2.19. The number of ketones is 1. The molecule has 9 heteroatoms. The molecule has 1 fully saturated rings. The van der Waals surface area contributed by atoms with Crippen LogP contribution in [-0.2, 0) is 17.8 Å². The standard InChI is InChI=1S/C26H29N7O2/c1-2-3-12-24-29-33(22-10-6-7-11-23(22)34)26(35)32(24)17-18-13-15-19(16-14-18)20-8-4-5-9-21(20)25-27-30-31-28-25/h4-5,8-9,13-16,22H,2-3,6-7,10-12,17H2,1H3,(H,27,28,30,31). The molecule has 0 aliphatic heterocycles. The van der Waals surface area contributed by atoms with Crippen molar-refractivity contribution in [2.24, 2.45) is 0 Å². The largest absolute Gasteiger partial charge is 0.346 e. The van der Waals surface area contributed by atoms with Gasteiger partial charge in [-0.2, -0.15) is 10.3 Å². The second-order valence-corrected chi connectivity index (χ2v) is 9.04. The lowest BCUT2D eigenvalue weighted by Crippen LogP contribution is -2.34. The topological polar surface area (TPSA) is 111 Å². The molecule has 0 saturated heterocycles. The first kappa shape index (κ1) is 22.9. The van der Waals surface area contributed by atoms with Crippen molar-refractivity contribution >= 4 is 5.78 Å². The first-order valence-corrected chi connectivity index (χ1v) is 12.3. The highest BCUT2D eigenvalue weighted by atomic mass is 16.2. The Balaban J connectivity index is 1.44. The summed E-state index contributed by atoms with van der Waals surface area (Å²) < 4.78 is 3.18. The highest BCUT2D eigenvalue weighted by Crippen LogP contribution is 2.30. The molecule has 1 saturated carbocycles. The lowest BCUT2D eigenvalue weighted by molar-refractivity contribution is -0.124. The molecule has 1 N–H and O–H groups in total. The van der Waals surface area contributed by atoms with Gasteiger partial charge in [-0.05, 0) is 41.2 Å². The first-order chi connectivity index (χ1) is 17.2. The number of carbonyl (C=O) groups excluding carboxylic acids is 1. The van der Waals surface area contributed by atoms with Crippen molar-refractivity contribution in [1.82, 2.24) is 35.0 Å². The smallest absolute Gasteiger partial charge is 0.297 e. The average molecular weight is 472 g/mol. The minimum absolute atomic E-state index is 0.120. The molecule has 35 heavy (non-hydrogen) atoms. The maximum absolute atomic E-state index is 13.4. The number of tetrazole rings is 1. The van der Waals surface area contributed by atoms with E-state index in [9.17, 15) is 9.59 Å². The molecule has 0 amide bonds. The third-order valence-corrected chi connectivity index (χ3v) is 6.65. The van der Waals surface area contributed by atoms with Crippen LogP contribution in [0.4, 0.5) is 0 Å². The highest BCUT2D eigenvalue weighted by molar-refractivity contribution is 5.83. The maximum atomic E-state index is 13.4. The van der Waals surface area contributed by atoms with Gasteiger partial charge < -0.3 is 0 Å². The number of aromatic amines is 1. The van der Waals surface area contributed by atoms with Gasteiger partial charge in [0.1, 0.15) is 11.9 Å². The second kappa shape index (κ2) is 10.2. The summed E-state index contributed by atoms with van der Waals surface area (Å²) >= 11 is 0. The van der Waals surface area contributed by atoms with Gasteiger partial charge in [0.2, 0.25) is 5.82 Å². The number of hydrogen-bond acceptors (Lipinski definition) is 6. The van der Waals surface area contributed by atoms with Crippen molar-refractivity contribution in [2.45, 2.75) is 64.5 Å². The van der Waals surface area contributed by atoms with Gasteiger partial charge in [0, 0.05) is 18.4 Å². The number of nitrogens with one attached hydrogen (secondary N) is 1. The molecule has 1 aliphatic carbocycles. The highest BCUT2D eigenvalue weighted by Gasteiger charge is 2.28. The predicted octanol–water partition coefficient (Wildman–Crippen LogP) is 3.97. The predicted molar refractivity (Wildman–Crippen MR) is 132 cm³/mol. The van der Waals surface area contributed by atoms with Crippen LogP contribution in [0.1, 0.15) is 62.9 Å². The second-order valence-electron chi connectivity index (χ2n) is 9.04. The van der Waals surface area contributed by atoms with Gasteiger partial charge in [0.25, 0.3) is 0 Å². The van der Waals surface area contributed by atoms with E-state index in [2.05, 4.69) is 32.6 Å². The summed E-state index contributed by atoms with van der Waals surface area (Å²) in [6.45, 7) is 2.54. The van der Waals surface area contributed by atoms with Gasteiger partial charge in [0.15, 0.2) is 5.78 Å². The molecule has 2 heterocycles. The van der Waals surface area contributed by atoms with E-state index in [4.69, 9.17) is 0 Å².